The van der Waals surface area contributed by atoms with Gasteiger partial charge in [0.15, 0.2) is 0 Å². The van der Waals surface area contributed by atoms with E-state index >= 15 is 0 Å². The van der Waals surface area contributed by atoms with Gasteiger partial charge in [0, 0.05) is 25.3 Å². The second-order valence-corrected chi connectivity index (χ2v) is 6.47. The molecule has 1 saturated carbocycles. The predicted octanol–water partition coefficient (Wildman–Crippen LogP) is 2.26. The van der Waals surface area contributed by atoms with Crippen LogP contribution in [0.1, 0.15) is 58.8 Å². The Morgan fingerprint density at radius 2 is 2.05 bits per heavy atom. The third kappa shape index (κ3) is 2.39. The summed E-state index contributed by atoms with van der Waals surface area (Å²) in [5.41, 5.74) is 2.95. The zero-order chi connectivity index (χ0) is 13.5. The lowest BCUT2D eigenvalue weighted by atomic mass is 9.94. The van der Waals surface area contributed by atoms with E-state index in [0.29, 0.717) is 12.3 Å². The molecule has 3 aliphatic rings. The third-order valence-electron chi connectivity index (χ3n) is 4.22. The Hall–Kier alpha value is -0.650. The summed E-state index contributed by atoms with van der Waals surface area (Å²) < 4.78 is 11.6. The zero-order valence-electron chi connectivity index (χ0n) is 11.7. The van der Waals surface area contributed by atoms with Crippen LogP contribution < -0.4 is 5.48 Å². The van der Waals surface area contributed by atoms with Crippen LogP contribution >= 0.6 is 0 Å². The minimum Gasteiger partial charge on any atom is -0.429 e. The van der Waals surface area contributed by atoms with Crippen LogP contribution in [-0.2, 0) is 19.1 Å². The fourth-order valence-electron chi connectivity index (χ4n) is 3.38. The summed E-state index contributed by atoms with van der Waals surface area (Å²) in [5.74, 6) is -1.72. The van der Waals surface area contributed by atoms with Gasteiger partial charge in [-0.05, 0) is 25.2 Å². The summed E-state index contributed by atoms with van der Waals surface area (Å²) in [7, 11) is 0. The van der Waals surface area contributed by atoms with Crippen LogP contribution in [0.15, 0.2) is 0 Å². The van der Waals surface area contributed by atoms with Crippen molar-refractivity contribution in [2.45, 2.75) is 76.4 Å². The van der Waals surface area contributed by atoms with Gasteiger partial charge >= 0.3 is 5.97 Å². The Morgan fingerprint density at radius 3 is 2.74 bits per heavy atom. The minimum atomic E-state index is -1.20. The SMILES string of the molecule is CC(C)C[C@@H]1CC2(ON1)OC1(CCCCC1)OC2=O. The molecule has 0 amide bonds. The Kier molecular flexibility index (Phi) is 3.31. The Bertz CT molecular complexity index is 364. The van der Waals surface area contributed by atoms with Crippen molar-refractivity contribution in [2.24, 2.45) is 5.92 Å². The molecule has 3 fully saturated rings. The molecule has 0 radical (unpaired) electrons. The summed E-state index contributed by atoms with van der Waals surface area (Å²) in [4.78, 5) is 17.7. The maximum absolute atomic E-state index is 12.2. The third-order valence-corrected chi connectivity index (χ3v) is 4.22. The van der Waals surface area contributed by atoms with E-state index in [-0.39, 0.29) is 12.0 Å². The Labute approximate surface area is 113 Å². The van der Waals surface area contributed by atoms with Crippen LogP contribution in [0.4, 0.5) is 0 Å². The van der Waals surface area contributed by atoms with Gasteiger partial charge in [0.25, 0.3) is 5.79 Å². The Balaban J connectivity index is 1.70. The molecule has 19 heavy (non-hydrogen) atoms. The van der Waals surface area contributed by atoms with Crippen LogP contribution in [-0.4, -0.2) is 23.6 Å². The van der Waals surface area contributed by atoms with Crippen LogP contribution in [0.2, 0.25) is 0 Å². The standard InChI is InChI=1S/C14H23NO4/c1-10(2)8-11-9-14(19-15-11)12(16)17-13(18-14)6-4-3-5-7-13/h10-11,15H,3-9H2,1-2H3/t11-,14?/m1/s1. The molecule has 0 bridgehead atoms. The molecule has 0 aromatic rings. The number of hydroxylamine groups is 1. The average molecular weight is 269 g/mol. The molecule has 0 aromatic heterocycles. The van der Waals surface area contributed by atoms with E-state index in [4.69, 9.17) is 14.3 Å². The topological polar surface area (TPSA) is 56.8 Å². The maximum atomic E-state index is 12.2. The maximum Gasteiger partial charge on any atom is 0.371 e. The fourth-order valence-corrected chi connectivity index (χ4v) is 3.38. The van der Waals surface area contributed by atoms with E-state index in [1.165, 1.54) is 6.42 Å². The monoisotopic (exact) mass is 269 g/mol. The number of hydrogen-bond acceptors (Lipinski definition) is 5. The summed E-state index contributed by atoms with van der Waals surface area (Å²) in [6.07, 6.45) is 6.37. The van der Waals surface area contributed by atoms with Crippen molar-refractivity contribution < 1.29 is 19.1 Å². The zero-order valence-corrected chi connectivity index (χ0v) is 11.7. The van der Waals surface area contributed by atoms with Crippen molar-refractivity contribution in [1.29, 1.82) is 0 Å². The average Bonchev–Trinajstić information content (AvgIpc) is 2.83. The van der Waals surface area contributed by atoms with Crippen molar-refractivity contribution in [3.8, 4) is 0 Å². The first-order valence-electron chi connectivity index (χ1n) is 7.41. The molecule has 5 heteroatoms. The van der Waals surface area contributed by atoms with E-state index in [1.807, 2.05) is 0 Å². The molecule has 5 nitrogen and oxygen atoms in total. The highest BCUT2D eigenvalue weighted by molar-refractivity contribution is 5.80. The van der Waals surface area contributed by atoms with E-state index < -0.39 is 11.6 Å². The molecular weight excluding hydrogens is 246 g/mol. The van der Waals surface area contributed by atoms with Crippen LogP contribution in [0, 0.1) is 5.92 Å². The van der Waals surface area contributed by atoms with Crippen molar-refractivity contribution in [1.82, 2.24) is 5.48 Å². The fraction of sp³-hybridized carbons (Fsp3) is 0.929. The van der Waals surface area contributed by atoms with Gasteiger partial charge in [-0.3, -0.25) is 9.57 Å². The van der Waals surface area contributed by atoms with Gasteiger partial charge in [-0.1, -0.05) is 20.3 Å². The molecular formula is C14H23NO4. The summed E-state index contributed by atoms with van der Waals surface area (Å²) in [6, 6.07) is 0.159. The largest absolute Gasteiger partial charge is 0.429 e. The van der Waals surface area contributed by atoms with Gasteiger partial charge in [-0.25, -0.2) is 4.79 Å². The van der Waals surface area contributed by atoms with Crippen molar-refractivity contribution in [2.75, 3.05) is 0 Å². The van der Waals surface area contributed by atoms with Crippen molar-refractivity contribution in [3.63, 3.8) is 0 Å². The van der Waals surface area contributed by atoms with Crippen LogP contribution in [0.3, 0.4) is 0 Å². The van der Waals surface area contributed by atoms with Gasteiger partial charge in [0.2, 0.25) is 5.79 Å². The van der Waals surface area contributed by atoms with Gasteiger partial charge in [0.05, 0.1) is 0 Å². The molecule has 0 aromatic carbocycles. The van der Waals surface area contributed by atoms with E-state index in [1.54, 1.807) is 0 Å². The second kappa shape index (κ2) is 4.72. The summed E-state index contributed by atoms with van der Waals surface area (Å²) >= 11 is 0. The lowest BCUT2D eigenvalue weighted by Gasteiger charge is -2.31. The summed E-state index contributed by atoms with van der Waals surface area (Å²) in [6.45, 7) is 4.31. The van der Waals surface area contributed by atoms with Crippen molar-refractivity contribution >= 4 is 5.97 Å². The van der Waals surface area contributed by atoms with Crippen LogP contribution in [0.25, 0.3) is 0 Å². The van der Waals surface area contributed by atoms with E-state index in [2.05, 4.69) is 19.3 Å². The second-order valence-electron chi connectivity index (χ2n) is 6.47. The smallest absolute Gasteiger partial charge is 0.371 e. The van der Waals surface area contributed by atoms with Gasteiger partial charge < -0.3 is 4.74 Å². The van der Waals surface area contributed by atoms with Gasteiger partial charge in [0.1, 0.15) is 0 Å². The quantitative estimate of drug-likeness (QED) is 0.779. The first-order chi connectivity index (χ1) is 9.04. The molecule has 3 rings (SSSR count). The van der Waals surface area contributed by atoms with Crippen molar-refractivity contribution in [3.05, 3.63) is 0 Å². The Morgan fingerprint density at radius 1 is 1.32 bits per heavy atom. The number of carbonyl (C=O) groups is 1. The highest BCUT2D eigenvalue weighted by atomic mass is 16.9. The van der Waals surface area contributed by atoms with Gasteiger partial charge in [-0.15, -0.1) is 0 Å². The molecule has 1 unspecified atom stereocenters. The molecule has 1 aliphatic carbocycles. The number of hydrogen-bond donors (Lipinski definition) is 1. The van der Waals surface area contributed by atoms with E-state index in [0.717, 1.165) is 32.1 Å². The molecule has 2 saturated heterocycles. The number of esters is 1. The predicted molar refractivity (Wildman–Crippen MR) is 67.8 cm³/mol. The number of carbonyl (C=O) groups excluding carboxylic acids is 1. The summed E-state index contributed by atoms with van der Waals surface area (Å²) in [5, 5.41) is 0. The number of nitrogens with one attached hydrogen (secondary N) is 1. The lowest BCUT2D eigenvalue weighted by Crippen LogP contribution is -2.39. The minimum absolute atomic E-state index is 0.159. The number of rotatable bonds is 2. The molecule has 2 spiro atoms. The van der Waals surface area contributed by atoms with Crippen LogP contribution in [0.5, 0.6) is 0 Å². The van der Waals surface area contributed by atoms with E-state index in [9.17, 15) is 4.79 Å². The molecule has 1 N–H and O–H groups in total. The molecule has 2 atom stereocenters. The van der Waals surface area contributed by atoms with Gasteiger partial charge in [-0.2, -0.15) is 5.48 Å². The molecule has 2 aliphatic heterocycles. The highest BCUT2D eigenvalue weighted by Crippen LogP contribution is 2.46. The molecule has 108 valence electrons. The lowest BCUT2D eigenvalue weighted by molar-refractivity contribution is -0.270. The number of ether oxygens (including phenoxy) is 2. The highest BCUT2D eigenvalue weighted by Gasteiger charge is 2.62. The first-order valence-corrected chi connectivity index (χ1v) is 7.41. The molecule has 2 heterocycles. The first kappa shape index (κ1) is 13.3. The normalized spacial score (nSPS) is 37.4.